The van der Waals surface area contributed by atoms with Gasteiger partial charge >= 0.3 is 0 Å². The average molecular weight is 229 g/mol. The Morgan fingerprint density at radius 1 is 1.35 bits per heavy atom. The van der Waals surface area contributed by atoms with Gasteiger partial charge in [0.2, 0.25) is 0 Å². The number of hydrogen-bond donors (Lipinski definition) is 1. The van der Waals surface area contributed by atoms with E-state index < -0.39 is 0 Å². The number of benzene rings is 1. The highest BCUT2D eigenvalue weighted by atomic mass is 15.6. The molecule has 0 aliphatic heterocycles. The van der Waals surface area contributed by atoms with Crippen molar-refractivity contribution in [3.8, 4) is 11.4 Å². The number of aryl methyl sites for hydroxylation is 1. The zero-order valence-corrected chi connectivity index (χ0v) is 9.80. The monoisotopic (exact) mass is 229 g/mol. The van der Waals surface area contributed by atoms with Gasteiger partial charge in [-0.3, -0.25) is 0 Å². The van der Waals surface area contributed by atoms with Crippen LogP contribution in [0.15, 0.2) is 18.2 Å². The predicted molar refractivity (Wildman–Crippen MR) is 65.3 cm³/mol. The Bertz CT molecular complexity index is 521. The number of nitrogens with two attached hydrogens (primary N) is 1. The second-order valence-electron chi connectivity index (χ2n) is 4.57. The largest absolute Gasteiger partial charge is 0.398 e. The van der Waals surface area contributed by atoms with Crippen LogP contribution in [0.1, 0.15) is 30.9 Å². The van der Waals surface area contributed by atoms with E-state index in [1.54, 1.807) is 0 Å². The van der Waals surface area contributed by atoms with E-state index in [0.717, 1.165) is 35.5 Å². The Labute approximate surface area is 99.6 Å². The smallest absolute Gasteiger partial charge is 0.184 e. The molecule has 0 bridgehead atoms. The molecule has 1 aliphatic rings. The zero-order chi connectivity index (χ0) is 11.8. The number of nitrogens with zero attached hydrogens (tertiary/aromatic N) is 4. The maximum atomic E-state index is 6.03. The van der Waals surface area contributed by atoms with Crippen LogP contribution in [0, 0.1) is 6.92 Å². The van der Waals surface area contributed by atoms with Gasteiger partial charge in [-0.2, -0.15) is 0 Å². The lowest BCUT2D eigenvalue weighted by Gasteiger charge is -2.26. The summed E-state index contributed by atoms with van der Waals surface area (Å²) in [5.74, 6) is 0.797. The van der Waals surface area contributed by atoms with Crippen LogP contribution in [-0.2, 0) is 0 Å². The second-order valence-corrected chi connectivity index (χ2v) is 4.57. The van der Waals surface area contributed by atoms with Crippen LogP contribution in [0.3, 0.4) is 0 Å². The number of hydrogen-bond acceptors (Lipinski definition) is 4. The van der Waals surface area contributed by atoms with Crippen LogP contribution < -0.4 is 5.73 Å². The molecule has 0 amide bonds. The highest BCUT2D eigenvalue weighted by molar-refractivity contribution is 5.74. The molecule has 0 unspecified atom stereocenters. The lowest BCUT2D eigenvalue weighted by molar-refractivity contribution is 0.287. The van der Waals surface area contributed by atoms with Gasteiger partial charge < -0.3 is 5.73 Å². The Morgan fingerprint density at radius 2 is 2.18 bits per heavy atom. The Balaban J connectivity index is 2.12. The summed E-state index contributed by atoms with van der Waals surface area (Å²) in [7, 11) is 0. The fourth-order valence-electron chi connectivity index (χ4n) is 2.23. The number of tetrazole rings is 1. The molecule has 17 heavy (non-hydrogen) atoms. The van der Waals surface area contributed by atoms with Crippen molar-refractivity contribution in [1.29, 1.82) is 0 Å². The van der Waals surface area contributed by atoms with Crippen LogP contribution in [0.5, 0.6) is 0 Å². The molecule has 1 saturated carbocycles. The van der Waals surface area contributed by atoms with E-state index in [-0.39, 0.29) is 0 Å². The van der Waals surface area contributed by atoms with Crippen molar-refractivity contribution in [2.75, 3.05) is 5.73 Å². The number of aromatic nitrogens is 4. The average Bonchev–Trinajstić information content (AvgIpc) is 2.64. The lowest BCUT2D eigenvalue weighted by Crippen LogP contribution is -2.19. The summed E-state index contributed by atoms with van der Waals surface area (Å²) in [6.45, 7) is 2.03. The van der Waals surface area contributed by atoms with Gasteiger partial charge in [0.1, 0.15) is 0 Å². The molecular weight excluding hydrogens is 214 g/mol. The summed E-state index contributed by atoms with van der Waals surface area (Å²) in [5.41, 5.74) is 8.84. The van der Waals surface area contributed by atoms with Crippen LogP contribution in [0.2, 0.25) is 0 Å². The van der Waals surface area contributed by atoms with Crippen LogP contribution in [0.4, 0.5) is 5.69 Å². The number of rotatable bonds is 2. The van der Waals surface area contributed by atoms with Crippen molar-refractivity contribution in [3.05, 3.63) is 23.8 Å². The molecule has 1 aromatic heterocycles. The topological polar surface area (TPSA) is 69.6 Å². The van der Waals surface area contributed by atoms with E-state index >= 15 is 0 Å². The van der Waals surface area contributed by atoms with Crippen molar-refractivity contribution in [2.24, 2.45) is 0 Å². The first-order valence-electron chi connectivity index (χ1n) is 5.90. The summed E-state index contributed by atoms with van der Waals surface area (Å²) < 4.78 is 1.92. The molecule has 88 valence electrons. The summed E-state index contributed by atoms with van der Waals surface area (Å²) >= 11 is 0. The highest BCUT2D eigenvalue weighted by Crippen LogP contribution is 2.35. The van der Waals surface area contributed by atoms with Crippen LogP contribution in [-0.4, -0.2) is 20.2 Å². The van der Waals surface area contributed by atoms with E-state index in [9.17, 15) is 0 Å². The molecule has 1 fully saturated rings. The molecule has 0 spiro atoms. The van der Waals surface area contributed by atoms with Crippen molar-refractivity contribution >= 4 is 5.69 Å². The Kier molecular flexibility index (Phi) is 2.31. The first kappa shape index (κ1) is 10.3. The normalized spacial score (nSPS) is 15.8. The summed E-state index contributed by atoms with van der Waals surface area (Å²) in [5, 5.41) is 12.0. The molecule has 0 radical (unpaired) electrons. The predicted octanol–water partition coefficient (Wildman–Crippen LogP) is 1.96. The fourth-order valence-corrected chi connectivity index (χ4v) is 2.23. The molecular formula is C12H15N5. The van der Waals surface area contributed by atoms with Gasteiger partial charge in [0.05, 0.1) is 6.04 Å². The Morgan fingerprint density at radius 3 is 2.82 bits per heavy atom. The van der Waals surface area contributed by atoms with Gasteiger partial charge in [-0.25, -0.2) is 4.68 Å². The quantitative estimate of drug-likeness (QED) is 0.799. The van der Waals surface area contributed by atoms with Gasteiger partial charge in [-0.1, -0.05) is 12.1 Å². The van der Waals surface area contributed by atoms with Gasteiger partial charge in [0, 0.05) is 11.3 Å². The fraction of sp³-hybridized carbons (Fsp3) is 0.417. The van der Waals surface area contributed by atoms with E-state index in [4.69, 9.17) is 5.73 Å². The molecule has 0 atom stereocenters. The summed E-state index contributed by atoms with van der Waals surface area (Å²) in [6.07, 6.45) is 3.57. The molecule has 5 nitrogen and oxygen atoms in total. The van der Waals surface area contributed by atoms with Crippen LogP contribution in [0.25, 0.3) is 11.4 Å². The van der Waals surface area contributed by atoms with E-state index in [1.807, 2.05) is 29.8 Å². The first-order valence-corrected chi connectivity index (χ1v) is 5.90. The van der Waals surface area contributed by atoms with Crippen molar-refractivity contribution in [3.63, 3.8) is 0 Å². The standard InChI is InChI=1S/C12H15N5/c1-8-4-2-7-10(13)11(8)12-14-15-16-17(12)9-5-3-6-9/h2,4,7,9H,3,5-6,13H2,1H3. The molecule has 0 saturated heterocycles. The van der Waals surface area contributed by atoms with Crippen LogP contribution >= 0.6 is 0 Å². The third-order valence-corrected chi connectivity index (χ3v) is 3.44. The van der Waals surface area contributed by atoms with Gasteiger partial charge in [0.25, 0.3) is 0 Å². The van der Waals surface area contributed by atoms with E-state index in [2.05, 4.69) is 15.5 Å². The maximum Gasteiger partial charge on any atom is 0.184 e. The molecule has 1 heterocycles. The zero-order valence-electron chi connectivity index (χ0n) is 9.80. The third-order valence-electron chi connectivity index (χ3n) is 3.44. The number of nitrogen functional groups attached to an aromatic ring is 1. The molecule has 2 N–H and O–H groups in total. The van der Waals surface area contributed by atoms with Gasteiger partial charge in [0.15, 0.2) is 5.82 Å². The third kappa shape index (κ3) is 1.58. The highest BCUT2D eigenvalue weighted by Gasteiger charge is 2.25. The maximum absolute atomic E-state index is 6.03. The summed E-state index contributed by atoms with van der Waals surface area (Å²) in [6, 6.07) is 6.32. The van der Waals surface area contributed by atoms with Crippen molar-refractivity contribution in [2.45, 2.75) is 32.2 Å². The minimum absolute atomic E-state index is 0.444. The molecule has 1 aromatic carbocycles. The molecule has 3 rings (SSSR count). The minimum Gasteiger partial charge on any atom is -0.398 e. The second kappa shape index (κ2) is 3.84. The van der Waals surface area contributed by atoms with Crippen molar-refractivity contribution in [1.82, 2.24) is 20.2 Å². The number of anilines is 1. The molecule has 5 heteroatoms. The minimum atomic E-state index is 0.444. The van der Waals surface area contributed by atoms with E-state index in [1.165, 1.54) is 6.42 Å². The molecule has 2 aromatic rings. The Hall–Kier alpha value is -1.91. The SMILES string of the molecule is Cc1cccc(N)c1-c1nnnn1C1CCC1. The first-order chi connectivity index (χ1) is 8.27. The lowest BCUT2D eigenvalue weighted by atomic mass is 9.93. The van der Waals surface area contributed by atoms with Crippen molar-refractivity contribution < 1.29 is 0 Å². The van der Waals surface area contributed by atoms with E-state index in [0.29, 0.717) is 6.04 Å². The van der Waals surface area contributed by atoms with Gasteiger partial charge in [-0.15, -0.1) is 5.10 Å². The summed E-state index contributed by atoms with van der Waals surface area (Å²) in [4.78, 5) is 0. The molecule has 1 aliphatic carbocycles. The van der Waals surface area contributed by atoms with Gasteiger partial charge in [-0.05, 0) is 48.2 Å².